The third kappa shape index (κ3) is 3.90. The van der Waals surface area contributed by atoms with Crippen LogP contribution >= 0.6 is 0 Å². The van der Waals surface area contributed by atoms with Crippen LogP contribution in [0.15, 0.2) is 47.0 Å². The zero-order valence-corrected chi connectivity index (χ0v) is 16.1. The Morgan fingerprint density at radius 2 is 1.68 bits per heavy atom. The van der Waals surface area contributed by atoms with E-state index in [1.165, 1.54) is 21.3 Å². The van der Waals surface area contributed by atoms with E-state index in [1.54, 1.807) is 19.1 Å². The highest BCUT2D eigenvalue weighted by Gasteiger charge is 2.21. The largest absolute Gasteiger partial charge is 0.493 e. The zero-order valence-electron chi connectivity index (χ0n) is 16.1. The summed E-state index contributed by atoms with van der Waals surface area (Å²) < 4.78 is 21.1. The van der Waals surface area contributed by atoms with Gasteiger partial charge in [0, 0.05) is 11.1 Å². The zero-order chi connectivity index (χ0) is 20.1. The van der Waals surface area contributed by atoms with E-state index in [2.05, 4.69) is 15.5 Å². The lowest BCUT2D eigenvalue weighted by Gasteiger charge is -2.15. The Morgan fingerprint density at radius 3 is 2.25 bits per heavy atom. The standard InChI is InChI=1S/C20H21N3O5/c1-12(20-22-18(23-28-20)13-8-6-5-7-9-13)21-19(24)14-10-15(25-2)17(27-4)16(11-14)26-3/h5-12H,1-4H3,(H,21,24)/t12-/m1/s1. The summed E-state index contributed by atoms with van der Waals surface area (Å²) in [6.07, 6.45) is 0. The Morgan fingerprint density at radius 1 is 1.04 bits per heavy atom. The first kappa shape index (κ1) is 19.2. The molecule has 0 radical (unpaired) electrons. The van der Waals surface area contributed by atoms with Crippen molar-refractivity contribution in [2.45, 2.75) is 13.0 Å². The Balaban J connectivity index is 1.79. The van der Waals surface area contributed by atoms with Gasteiger partial charge in [-0.15, -0.1) is 0 Å². The second-order valence-electron chi connectivity index (χ2n) is 5.93. The van der Waals surface area contributed by atoms with Gasteiger partial charge in [-0.2, -0.15) is 4.98 Å². The van der Waals surface area contributed by atoms with Crippen molar-refractivity contribution in [1.82, 2.24) is 15.5 Å². The van der Waals surface area contributed by atoms with Crippen LogP contribution in [0.3, 0.4) is 0 Å². The van der Waals surface area contributed by atoms with E-state index >= 15 is 0 Å². The lowest BCUT2D eigenvalue weighted by Crippen LogP contribution is -2.27. The van der Waals surface area contributed by atoms with Gasteiger partial charge in [-0.05, 0) is 19.1 Å². The quantitative estimate of drug-likeness (QED) is 0.669. The molecule has 0 bridgehead atoms. The van der Waals surface area contributed by atoms with Crippen LogP contribution in [0.25, 0.3) is 11.4 Å². The number of rotatable bonds is 7. The van der Waals surface area contributed by atoms with Gasteiger partial charge >= 0.3 is 0 Å². The average Bonchev–Trinajstić information content (AvgIpc) is 3.23. The molecule has 2 aromatic carbocycles. The Labute approximate surface area is 162 Å². The van der Waals surface area contributed by atoms with Crippen LogP contribution in [-0.2, 0) is 0 Å². The van der Waals surface area contributed by atoms with Crippen molar-refractivity contribution in [3.63, 3.8) is 0 Å². The summed E-state index contributed by atoms with van der Waals surface area (Å²) in [7, 11) is 4.48. The molecule has 0 saturated heterocycles. The molecule has 0 aliphatic heterocycles. The first-order chi connectivity index (χ1) is 13.6. The molecule has 3 aromatic rings. The molecule has 0 saturated carbocycles. The topological polar surface area (TPSA) is 95.7 Å². The average molecular weight is 383 g/mol. The van der Waals surface area contributed by atoms with E-state index < -0.39 is 6.04 Å². The summed E-state index contributed by atoms with van der Waals surface area (Å²) in [6, 6.07) is 12.1. The highest BCUT2D eigenvalue weighted by Crippen LogP contribution is 2.38. The molecule has 146 valence electrons. The summed E-state index contributed by atoms with van der Waals surface area (Å²) in [5.74, 6) is 1.63. The Hall–Kier alpha value is -3.55. The maximum absolute atomic E-state index is 12.7. The number of aromatic nitrogens is 2. The fourth-order valence-corrected chi connectivity index (χ4v) is 2.67. The number of ether oxygens (including phenoxy) is 3. The molecular weight excluding hydrogens is 362 g/mol. The molecule has 0 aliphatic carbocycles. The minimum Gasteiger partial charge on any atom is -0.493 e. The molecular formula is C20H21N3O5. The van der Waals surface area contributed by atoms with Crippen LogP contribution in [0.4, 0.5) is 0 Å². The van der Waals surface area contributed by atoms with Gasteiger partial charge < -0.3 is 24.1 Å². The highest BCUT2D eigenvalue weighted by atomic mass is 16.5. The van der Waals surface area contributed by atoms with Gasteiger partial charge in [-0.3, -0.25) is 4.79 Å². The summed E-state index contributed by atoms with van der Waals surface area (Å²) in [4.78, 5) is 17.0. The maximum atomic E-state index is 12.7. The fraction of sp³-hybridized carbons (Fsp3) is 0.250. The Bertz CT molecular complexity index is 930. The Kier molecular flexibility index (Phi) is 5.78. The van der Waals surface area contributed by atoms with Crippen molar-refractivity contribution in [3.8, 4) is 28.6 Å². The molecule has 0 fully saturated rings. The van der Waals surface area contributed by atoms with E-state index in [0.29, 0.717) is 34.5 Å². The van der Waals surface area contributed by atoms with Crippen molar-refractivity contribution in [1.29, 1.82) is 0 Å². The van der Waals surface area contributed by atoms with Gasteiger partial charge in [0.2, 0.25) is 17.5 Å². The van der Waals surface area contributed by atoms with Gasteiger partial charge in [-0.1, -0.05) is 35.5 Å². The summed E-state index contributed by atoms with van der Waals surface area (Å²) in [6.45, 7) is 1.76. The summed E-state index contributed by atoms with van der Waals surface area (Å²) >= 11 is 0. The first-order valence-electron chi connectivity index (χ1n) is 8.57. The van der Waals surface area contributed by atoms with Crippen LogP contribution < -0.4 is 19.5 Å². The van der Waals surface area contributed by atoms with Crippen LogP contribution in [0.5, 0.6) is 17.2 Å². The molecule has 0 aliphatic rings. The molecule has 3 rings (SSSR count). The number of methoxy groups -OCH3 is 3. The second kappa shape index (κ2) is 8.43. The number of nitrogens with one attached hydrogen (secondary N) is 1. The van der Waals surface area contributed by atoms with Crippen LogP contribution in [-0.4, -0.2) is 37.4 Å². The number of hydrogen-bond donors (Lipinski definition) is 1. The molecule has 0 unspecified atom stereocenters. The third-order valence-corrected chi connectivity index (χ3v) is 4.12. The van der Waals surface area contributed by atoms with Crippen molar-refractivity contribution in [3.05, 3.63) is 53.9 Å². The second-order valence-corrected chi connectivity index (χ2v) is 5.93. The number of hydrogen-bond acceptors (Lipinski definition) is 7. The minimum absolute atomic E-state index is 0.305. The van der Waals surface area contributed by atoms with Gasteiger partial charge in [0.05, 0.1) is 21.3 Å². The molecule has 28 heavy (non-hydrogen) atoms. The maximum Gasteiger partial charge on any atom is 0.252 e. The molecule has 1 amide bonds. The molecule has 1 aromatic heterocycles. The first-order valence-corrected chi connectivity index (χ1v) is 8.57. The van der Waals surface area contributed by atoms with Crippen molar-refractivity contribution in [2.24, 2.45) is 0 Å². The molecule has 1 N–H and O–H groups in total. The van der Waals surface area contributed by atoms with E-state index in [9.17, 15) is 4.79 Å². The van der Waals surface area contributed by atoms with Gasteiger partial charge in [0.25, 0.3) is 5.91 Å². The molecule has 0 spiro atoms. The summed E-state index contributed by atoms with van der Waals surface area (Å²) in [5, 5.41) is 6.80. The van der Waals surface area contributed by atoms with Crippen LogP contribution in [0.1, 0.15) is 29.2 Å². The normalized spacial score (nSPS) is 11.6. The van der Waals surface area contributed by atoms with E-state index in [4.69, 9.17) is 18.7 Å². The van der Waals surface area contributed by atoms with Crippen molar-refractivity contribution in [2.75, 3.05) is 21.3 Å². The summed E-state index contributed by atoms with van der Waals surface area (Å²) in [5.41, 5.74) is 1.19. The number of nitrogens with zero attached hydrogens (tertiary/aromatic N) is 2. The molecule has 1 atom stereocenters. The fourth-order valence-electron chi connectivity index (χ4n) is 2.67. The third-order valence-electron chi connectivity index (χ3n) is 4.12. The van der Waals surface area contributed by atoms with Crippen LogP contribution in [0, 0.1) is 0 Å². The lowest BCUT2D eigenvalue weighted by molar-refractivity contribution is 0.0931. The minimum atomic E-state index is -0.489. The lowest BCUT2D eigenvalue weighted by atomic mass is 10.1. The van der Waals surface area contributed by atoms with E-state index in [-0.39, 0.29) is 5.91 Å². The monoisotopic (exact) mass is 383 g/mol. The predicted molar refractivity (Wildman–Crippen MR) is 102 cm³/mol. The number of carbonyl (C=O) groups is 1. The molecule has 8 nitrogen and oxygen atoms in total. The number of carbonyl (C=O) groups excluding carboxylic acids is 1. The number of benzene rings is 2. The van der Waals surface area contributed by atoms with Gasteiger partial charge in [0.15, 0.2) is 11.5 Å². The van der Waals surface area contributed by atoms with Crippen molar-refractivity contribution >= 4 is 5.91 Å². The van der Waals surface area contributed by atoms with Crippen LogP contribution in [0.2, 0.25) is 0 Å². The van der Waals surface area contributed by atoms with Gasteiger partial charge in [0.1, 0.15) is 6.04 Å². The smallest absolute Gasteiger partial charge is 0.252 e. The van der Waals surface area contributed by atoms with E-state index in [0.717, 1.165) is 5.56 Å². The van der Waals surface area contributed by atoms with Crippen molar-refractivity contribution < 1.29 is 23.5 Å². The number of amides is 1. The van der Waals surface area contributed by atoms with E-state index in [1.807, 2.05) is 30.3 Å². The van der Waals surface area contributed by atoms with Gasteiger partial charge in [-0.25, -0.2) is 0 Å². The predicted octanol–water partition coefficient (Wildman–Crippen LogP) is 3.25. The SMILES string of the molecule is COc1cc(C(=O)N[C@H](C)c2nc(-c3ccccc3)no2)cc(OC)c1OC. The molecule has 1 heterocycles. The highest BCUT2D eigenvalue weighted by molar-refractivity contribution is 5.95. The molecule has 8 heteroatoms.